The second kappa shape index (κ2) is 7.78. The van der Waals surface area contributed by atoms with Crippen LogP contribution in [0.2, 0.25) is 0 Å². The summed E-state index contributed by atoms with van der Waals surface area (Å²) in [7, 11) is 0. The SMILES string of the molecule is C/C=C/COC(=O)[C@H](C)NC(=O)c1cccc([N+](=O)[O-])c1. The lowest BCUT2D eigenvalue weighted by atomic mass is 10.2. The minimum Gasteiger partial charge on any atom is -0.460 e. The predicted octanol–water partition coefficient (Wildman–Crippen LogP) is 1.83. The molecule has 0 bridgehead atoms. The van der Waals surface area contributed by atoms with Crippen LogP contribution in [0.1, 0.15) is 24.2 Å². The molecule has 1 atom stereocenters. The number of carbonyl (C=O) groups excluding carboxylic acids is 2. The average Bonchev–Trinajstić information content (AvgIpc) is 2.47. The lowest BCUT2D eigenvalue weighted by Crippen LogP contribution is -2.39. The van der Waals surface area contributed by atoms with Crippen molar-refractivity contribution in [2.75, 3.05) is 6.61 Å². The standard InChI is InChI=1S/C14H16N2O5/c1-3-4-8-21-14(18)10(2)15-13(17)11-6-5-7-12(9-11)16(19)20/h3-7,9-10H,8H2,1-2H3,(H,15,17)/b4-3+/t10-/m0/s1. The van der Waals surface area contributed by atoms with Crippen molar-refractivity contribution in [2.24, 2.45) is 0 Å². The van der Waals surface area contributed by atoms with Crippen molar-refractivity contribution in [3.05, 3.63) is 52.1 Å². The Balaban J connectivity index is 2.65. The lowest BCUT2D eigenvalue weighted by Gasteiger charge is -2.12. The highest BCUT2D eigenvalue weighted by molar-refractivity contribution is 5.97. The van der Waals surface area contributed by atoms with Gasteiger partial charge in [0.05, 0.1) is 4.92 Å². The van der Waals surface area contributed by atoms with Crippen LogP contribution in [-0.4, -0.2) is 29.4 Å². The van der Waals surface area contributed by atoms with Gasteiger partial charge in [0.25, 0.3) is 11.6 Å². The van der Waals surface area contributed by atoms with Gasteiger partial charge in [-0.1, -0.05) is 18.2 Å². The Bertz CT molecular complexity index is 568. The molecule has 0 unspecified atom stereocenters. The minimum atomic E-state index is -0.845. The number of amides is 1. The van der Waals surface area contributed by atoms with Crippen LogP contribution in [0.15, 0.2) is 36.4 Å². The average molecular weight is 292 g/mol. The topological polar surface area (TPSA) is 98.5 Å². The van der Waals surface area contributed by atoms with Gasteiger partial charge < -0.3 is 10.1 Å². The molecule has 0 fully saturated rings. The number of ether oxygens (including phenoxy) is 1. The Morgan fingerprint density at radius 2 is 2.19 bits per heavy atom. The van der Waals surface area contributed by atoms with E-state index in [-0.39, 0.29) is 17.9 Å². The summed E-state index contributed by atoms with van der Waals surface area (Å²) in [4.78, 5) is 33.5. The third kappa shape index (κ3) is 5.06. The zero-order chi connectivity index (χ0) is 15.8. The van der Waals surface area contributed by atoms with E-state index in [0.29, 0.717) is 0 Å². The van der Waals surface area contributed by atoms with Crippen LogP contribution in [0, 0.1) is 10.1 Å². The number of nitrogens with one attached hydrogen (secondary N) is 1. The van der Waals surface area contributed by atoms with Crippen molar-refractivity contribution in [1.82, 2.24) is 5.32 Å². The Morgan fingerprint density at radius 1 is 1.48 bits per heavy atom. The van der Waals surface area contributed by atoms with Gasteiger partial charge in [-0.05, 0) is 19.9 Å². The Labute approximate surface area is 121 Å². The predicted molar refractivity (Wildman–Crippen MR) is 75.8 cm³/mol. The van der Waals surface area contributed by atoms with Crippen LogP contribution in [0.4, 0.5) is 5.69 Å². The fourth-order valence-electron chi connectivity index (χ4n) is 1.45. The van der Waals surface area contributed by atoms with Crippen LogP contribution < -0.4 is 5.32 Å². The van der Waals surface area contributed by atoms with E-state index in [4.69, 9.17) is 4.74 Å². The first-order valence-electron chi connectivity index (χ1n) is 6.28. The molecule has 1 amide bonds. The van der Waals surface area contributed by atoms with Gasteiger partial charge >= 0.3 is 5.97 Å². The molecular formula is C14H16N2O5. The molecule has 0 aromatic heterocycles. The first-order chi connectivity index (χ1) is 9.95. The van der Waals surface area contributed by atoms with Crippen molar-refractivity contribution in [1.29, 1.82) is 0 Å². The number of non-ortho nitro benzene ring substituents is 1. The molecule has 0 saturated carbocycles. The summed E-state index contributed by atoms with van der Waals surface area (Å²) in [6.45, 7) is 3.40. The number of esters is 1. The van der Waals surface area contributed by atoms with Gasteiger partial charge in [-0.15, -0.1) is 0 Å². The molecule has 1 N–H and O–H groups in total. The second-order valence-electron chi connectivity index (χ2n) is 4.20. The molecule has 0 saturated heterocycles. The van der Waals surface area contributed by atoms with Crippen molar-refractivity contribution in [3.63, 3.8) is 0 Å². The van der Waals surface area contributed by atoms with E-state index in [0.717, 1.165) is 6.07 Å². The fourth-order valence-corrected chi connectivity index (χ4v) is 1.45. The van der Waals surface area contributed by atoms with Crippen LogP contribution in [-0.2, 0) is 9.53 Å². The smallest absolute Gasteiger partial charge is 0.328 e. The number of carbonyl (C=O) groups is 2. The zero-order valence-electron chi connectivity index (χ0n) is 11.7. The number of hydrogen-bond acceptors (Lipinski definition) is 5. The van der Waals surface area contributed by atoms with Crippen molar-refractivity contribution >= 4 is 17.6 Å². The summed E-state index contributed by atoms with van der Waals surface area (Å²) in [5.74, 6) is -1.15. The molecule has 1 aromatic rings. The second-order valence-corrected chi connectivity index (χ2v) is 4.20. The van der Waals surface area contributed by atoms with Gasteiger partial charge in [-0.2, -0.15) is 0 Å². The quantitative estimate of drug-likeness (QED) is 0.373. The summed E-state index contributed by atoms with van der Waals surface area (Å²) < 4.78 is 4.89. The molecular weight excluding hydrogens is 276 g/mol. The molecule has 0 aliphatic rings. The number of rotatable bonds is 6. The number of hydrogen-bond donors (Lipinski definition) is 1. The Morgan fingerprint density at radius 3 is 2.81 bits per heavy atom. The van der Waals surface area contributed by atoms with E-state index in [1.807, 2.05) is 0 Å². The lowest BCUT2D eigenvalue weighted by molar-refractivity contribution is -0.384. The first kappa shape index (κ1) is 16.4. The van der Waals surface area contributed by atoms with Crippen LogP contribution in [0.3, 0.4) is 0 Å². The monoisotopic (exact) mass is 292 g/mol. The molecule has 7 nitrogen and oxygen atoms in total. The molecule has 1 rings (SSSR count). The Kier molecular flexibility index (Phi) is 6.06. The highest BCUT2D eigenvalue weighted by atomic mass is 16.6. The van der Waals surface area contributed by atoms with E-state index >= 15 is 0 Å². The molecule has 0 spiro atoms. The molecule has 0 aliphatic heterocycles. The van der Waals surface area contributed by atoms with E-state index in [1.54, 1.807) is 19.1 Å². The number of nitro groups is 1. The third-order valence-corrected chi connectivity index (χ3v) is 2.58. The minimum absolute atomic E-state index is 0.109. The van der Waals surface area contributed by atoms with Gasteiger partial charge in [0.1, 0.15) is 12.6 Å². The van der Waals surface area contributed by atoms with E-state index in [9.17, 15) is 19.7 Å². The Hall–Kier alpha value is -2.70. The van der Waals surface area contributed by atoms with Gasteiger partial charge in [0.15, 0.2) is 0 Å². The molecule has 112 valence electrons. The number of nitro benzene ring substituents is 1. The van der Waals surface area contributed by atoms with E-state index in [1.165, 1.54) is 25.1 Å². The highest BCUT2D eigenvalue weighted by Gasteiger charge is 2.18. The van der Waals surface area contributed by atoms with Crippen LogP contribution in [0.25, 0.3) is 0 Å². The summed E-state index contributed by atoms with van der Waals surface area (Å²) in [5, 5.41) is 13.1. The van der Waals surface area contributed by atoms with E-state index in [2.05, 4.69) is 5.32 Å². The normalized spacial score (nSPS) is 11.9. The molecule has 1 aromatic carbocycles. The number of benzene rings is 1. The maximum atomic E-state index is 11.9. The van der Waals surface area contributed by atoms with Gasteiger partial charge in [-0.3, -0.25) is 14.9 Å². The first-order valence-corrected chi connectivity index (χ1v) is 6.28. The highest BCUT2D eigenvalue weighted by Crippen LogP contribution is 2.13. The largest absolute Gasteiger partial charge is 0.460 e. The summed E-state index contributed by atoms with van der Waals surface area (Å²) in [5.41, 5.74) is -0.0803. The van der Waals surface area contributed by atoms with E-state index < -0.39 is 22.8 Å². The zero-order valence-corrected chi connectivity index (χ0v) is 11.7. The molecule has 0 radical (unpaired) electrons. The van der Waals surface area contributed by atoms with Crippen molar-refractivity contribution in [3.8, 4) is 0 Å². The van der Waals surface area contributed by atoms with Crippen molar-refractivity contribution in [2.45, 2.75) is 19.9 Å². The maximum absolute atomic E-state index is 11.9. The molecule has 7 heteroatoms. The number of allylic oxidation sites excluding steroid dienone is 1. The molecule has 21 heavy (non-hydrogen) atoms. The molecule has 0 aliphatic carbocycles. The van der Waals surface area contributed by atoms with Gasteiger partial charge in [0.2, 0.25) is 0 Å². The fraction of sp³-hybridized carbons (Fsp3) is 0.286. The van der Waals surface area contributed by atoms with Gasteiger partial charge in [-0.25, -0.2) is 4.79 Å². The number of nitrogens with zero attached hydrogens (tertiary/aromatic N) is 1. The maximum Gasteiger partial charge on any atom is 0.328 e. The van der Waals surface area contributed by atoms with Crippen LogP contribution >= 0.6 is 0 Å². The molecule has 0 heterocycles. The van der Waals surface area contributed by atoms with Crippen molar-refractivity contribution < 1.29 is 19.2 Å². The summed E-state index contributed by atoms with van der Waals surface area (Å²) in [6.07, 6.45) is 3.40. The van der Waals surface area contributed by atoms with Gasteiger partial charge in [0, 0.05) is 17.7 Å². The third-order valence-electron chi connectivity index (χ3n) is 2.58. The summed E-state index contributed by atoms with van der Waals surface area (Å²) in [6, 6.07) is 4.42. The summed E-state index contributed by atoms with van der Waals surface area (Å²) >= 11 is 0. The van der Waals surface area contributed by atoms with Crippen LogP contribution in [0.5, 0.6) is 0 Å².